The lowest BCUT2D eigenvalue weighted by atomic mass is 9.99. The molecule has 0 N–H and O–H groups in total. The molecule has 3 aromatic carbocycles. The van der Waals surface area contributed by atoms with Crippen molar-refractivity contribution in [2.45, 2.75) is 19.5 Å². The smallest absolute Gasteiger partial charge is 0.138 e. The Bertz CT molecular complexity index is 1140. The fourth-order valence-corrected chi connectivity index (χ4v) is 3.55. The third-order valence-corrected chi connectivity index (χ3v) is 5.46. The van der Waals surface area contributed by atoms with Crippen molar-refractivity contribution in [1.82, 2.24) is 19.7 Å². The van der Waals surface area contributed by atoms with Crippen molar-refractivity contribution in [3.63, 3.8) is 0 Å². The maximum absolute atomic E-state index is 9.33. The lowest BCUT2D eigenvalue weighted by Crippen LogP contribution is -2.21. The van der Waals surface area contributed by atoms with Crippen LogP contribution < -0.4 is 0 Å². The van der Waals surface area contributed by atoms with Crippen LogP contribution in [0.4, 0.5) is 0 Å². The number of benzene rings is 3. The quantitative estimate of drug-likeness (QED) is 0.463. The van der Waals surface area contributed by atoms with E-state index in [0.29, 0.717) is 5.56 Å². The van der Waals surface area contributed by atoms with Gasteiger partial charge < -0.3 is 0 Å². The first-order valence-electron chi connectivity index (χ1n) is 9.89. The molecule has 148 valence electrons. The Morgan fingerprint density at radius 2 is 1.73 bits per heavy atom. The van der Waals surface area contributed by atoms with Crippen LogP contribution in [0, 0.1) is 11.3 Å². The number of nitriles is 1. The van der Waals surface area contributed by atoms with E-state index in [2.05, 4.69) is 83.6 Å². The zero-order chi connectivity index (χ0) is 20.9. The number of aromatic nitrogens is 3. The van der Waals surface area contributed by atoms with E-state index in [4.69, 9.17) is 0 Å². The monoisotopic (exact) mass is 393 g/mol. The summed E-state index contributed by atoms with van der Waals surface area (Å²) in [5, 5.41) is 13.5. The normalized spacial score (nSPS) is 11.9. The second kappa shape index (κ2) is 8.73. The Morgan fingerprint density at radius 1 is 1.00 bits per heavy atom. The average Bonchev–Trinajstić information content (AvgIpc) is 3.34. The zero-order valence-electron chi connectivity index (χ0n) is 17.1. The summed E-state index contributed by atoms with van der Waals surface area (Å²) in [5.41, 5.74) is 6.23. The van der Waals surface area contributed by atoms with Crippen molar-refractivity contribution in [2.24, 2.45) is 0 Å². The summed E-state index contributed by atoms with van der Waals surface area (Å²) in [7, 11) is 2.13. The van der Waals surface area contributed by atoms with Crippen LogP contribution in [-0.2, 0) is 6.54 Å². The maximum atomic E-state index is 9.33. The Morgan fingerprint density at radius 3 is 2.40 bits per heavy atom. The van der Waals surface area contributed by atoms with E-state index in [-0.39, 0.29) is 6.04 Å². The van der Waals surface area contributed by atoms with Crippen LogP contribution in [0.15, 0.2) is 85.5 Å². The molecule has 0 bridgehead atoms. The molecule has 1 atom stereocenters. The van der Waals surface area contributed by atoms with Gasteiger partial charge >= 0.3 is 0 Å². The summed E-state index contributed by atoms with van der Waals surface area (Å²) in [6.07, 6.45) is 3.23. The van der Waals surface area contributed by atoms with Crippen LogP contribution in [0.2, 0.25) is 0 Å². The molecule has 0 aliphatic rings. The molecule has 5 heteroatoms. The summed E-state index contributed by atoms with van der Waals surface area (Å²) >= 11 is 0. The Labute approximate surface area is 176 Å². The number of rotatable bonds is 6. The molecule has 4 aromatic rings. The minimum atomic E-state index is 0.272. The molecular weight excluding hydrogens is 370 g/mol. The molecule has 0 saturated carbocycles. The first kappa shape index (κ1) is 19.6. The summed E-state index contributed by atoms with van der Waals surface area (Å²) in [6, 6.07) is 27.1. The van der Waals surface area contributed by atoms with E-state index in [0.717, 1.165) is 23.4 Å². The fraction of sp³-hybridized carbons (Fsp3) is 0.160. The molecule has 1 heterocycles. The number of nitrogens with zero attached hydrogens (tertiary/aromatic N) is 5. The van der Waals surface area contributed by atoms with Crippen LogP contribution in [0.3, 0.4) is 0 Å². The molecule has 0 amide bonds. The second-order valence-electron chi connectivity index (χ2n) is 7.38. The molecule has 4 rings (SSSR count). The van der Waals surface area contributed by atoms with Crippen LogP contribution in [0.25, 0.3) is 16.8 Å². The molecule has 0 spiro atoms. The largest absolute Gasteiger partial charge is 0.295 e. The third-order valence-electron chi connectivity index (χ3n) is 5.46. The van der Waals surface area contributed by atoms with Crippen molar-refractivity contribution >= 4 is 0 Å². The Balaban J connectivity index is 1.44. The lowest BCUT2D eigenvalue weighted by molar-refractivity contribution is 0.253. The fourth-order valence-electron chi connectivity index (χ4n) is 3.55. The van der Waals surface area contributed by atoms with Gasteiger partial charge in [0.15, 0.2) is 0 Å². The Hall–Kier alpha value is -3.75. The van der Waals surface area contributed by atoms with Crippen molar-refractivity contribution in [2.75, 3.05) is 7.05 Å². The van der Waals surface area contributed by atoms with Gasteiger partial charge in [-0.2, -0.15) is 10.4 Å². The van der Waals surface area contributed by atoms with Gasteiger partial charge in [-0.25, -0.2) is 9.67 Å². The first-order chi connectivity index (χ1) is 14.7. The molecule has 0 saturated heterocycles. The summed E-state index contributed by atoms with van der Waals surface area (Å²) < 4.78 is 1.75. The maximum Gasteiger partial charge on any atom is 0.138 e. The minimum Gasteiger partial charge on any atom is -0.295 e. The van der Waals surface area contributed by atoms with E-state index in [1.54, 1.807) is 11.0 Å². The van der Waals surface area contributed by atoms with Gasteiger partial charge in [0.05, 0.1) is 17.3 Å². The predicted octanol–water partition coefficient (Wildman–Crippen LogP) is 5.00. The second-order valence-corrected chi connectivity index (χ2v) is 7.38. The molecule has 5 nitrogen and oxygen atoms in total. The zero-order valence-corrected chi connectivity index (χ0v) is 17.1. The average molecular weight is 393 g/mol. The molecular formula is C25H23N5. The van der Waals surface area contributed by atoms with Gasteiger partial charge in [0, 0.05) is 12.6 Å². The minimum absolute atomic E-state index is 0.272. The highest BCUT2D eigenvalue weighted by Gasteiger charge is 2.13. The molecule has 1 aromatic heterocycles. The van der Waals surface area contributed by atoms with Crippen molar-refractivity contribution in [3.8, 4) is 22.9 Å². The lowest BCUT2D eigenvalue weighted by Gasteiger charge is -2.25. The number of hydrogen-bond acceptors (Lipinski definition) is 4. The van der Waals surface area contributed by atoms with E-state index >= 15 is 0 Å². The third kappa shape index (κ3) is 4.14. The van der Waals surface area contributed by atoms with Gasteiger partial charge in [0.2, 0.25) is 0 Å². The van der Waals surface area contributed by atoms with Gasteiger partial charge in [0.1, 0.15) is 12.7 Å². The van der Waals surface area contributed by atoms with Gasteiger partial charge in [-0.05, 0) is 54.4 Å². The number of hydrogen-bond donors (Lipinski definition) is 0. The van der Waals surface area contributed by atoms with E-state index in [9.17, 15) is 5.26 Å². The highest BCUT2D eigenvalue weighted by molar-refractivity contribution is 5.70. The summed E-state index contributed by atoms with van der Waals surface area (Å²) in [6.45, 7) is 3.05. The Kier molecular flexibility index (Phi) is 5.69. The van der Waals surface area contributed by atoms with Crippen molar-refractivity contribution < 1.29 is 0 Å². The molecule has 0 radical (unpaired) electrons. The molecule has 30 heavy (non-hydrogen) atoms. The summed E-state index contributed by atoms with van der Waals surface area (Å²) in [5.74, 6) is 0. The SMILES string of the molecule is C[C@@H](c1ccc(-n2cncn2)cc1)N(C)Cc1ccc(-c2ccccc2C#N)cc1. The van der Waals surface area contributed by atoms with Crippen molar-refractivity contribution in [3.05, 3.63) is 102 Å². The van der Waals surface area contributed by atoms with Crippen LogP contribution >= 0.6 is 0 Å². The molecule has 0 unspecified atom stereocenters. The highest BCUT2D eigenvalue weighted by Crippen LogP contribution is 2.25. The molecule has 0 aliphatic heterocycles. The van der Waals surface area contributed by atoms with Gasteiger partial charge in [-0.3, -0.25) is 4.90 Å². The van der Waals surface area contributed by atoms with Gasteiger partial charge in [0.25, 0.3) is 0 Å². The highest BCUT2D eigenvalue weighted by atomic mass is 15.3. The van der Waals surface area contributed by atoms with Gasteiger partial charge in [-0.15, -0.1) is 0 Å². The van der Waals surface area contributed by atoms with Gasteiger partial charge in [-0.1, -0.05) is 54.6 Å². The van der Waals surface area contributed by atoms with E-state index in [1.165, 1.54) is 17.5 Å². The molecule has 0 aliphatic carbocycles. The first-order valence-corrected chi connectivity index (χ1v) is 9.89. The van der Waals surface area contributed by atoms with E-state index < -0.39 is 0 Å². The molecule has 0 fully saturated rings. The standard InChI is InChI=1S/C25H23N5/c1-19(21-11-13-24(14-12-21)30-18-27-17-28-30)29(2)16-20-7-9-22(10-8-20)25-6-4-3-5-23(25)15-26/h3-14,17-19H,16H2,1-2H3/t19-/m0/s1. The van der Waals surface area contributed by atoms with Crippen LogP contribution in [0.1, 0.15) is 29.7 Å². The predicted molar refractivity (Wildman–Crippen MR) is 118 cm³/mol. The topological polar surface area (TPSA) is 57.7 Å². The summed E-state index contributed by atoms with van der Waals surface area (Å²) in [4.78, 5) is 6.32. The van der Waals surface area contributed by atoms with Crippen molar-refractivity contribution in [1.29, 1.82) is 5.26 Å². The van der Waals surface area contributed by atoms with Crippen LogP contribution in [-0.4, -0.2) is 26.7 Å². The van der Waals surface area contributed by atoms with Crippen LogP contribution in [0.5, 0.6) is 0 Å². The van der Waals surface area contributed by atoms with E-state index in [1.807, 2.05) is 24.3 Å².